The van der Waals surface area contributed by atoms with Crippen molar-refractivity contribution >= 4 is 15.8 Å². The fourth-order valence-electron chi connectivity index (χ4n) is 3.09. The summed E-state index contributed by atoms with van der Waals surface area (Å²) in [4.78, 5) is 4.25. The van der Waals surface area contributed by atoms with Crippen LogP contribution < -0.4 is 10.6 Å². The van der Waals surface area contributed by atoms with Gasteiger partial charge in [0.05, 0.1) is 11.5 Å². The molecule has 1 fully saturated rings. The van der Waals surface area contributed by atoms with E-state index in [9.17, 15) is 8.42 Å². The monoisotopic (exact) mass is 365 g/mol. The molecule has 2 rings (SSSR count). The lowest BCUT2D eigenvalue weighted by atomic mass is 9.84. The maximum absolute atomic E-state index is 11.5. The molecule has 0 amide bonds. The van der Waals surface area contributed by atoms with E-state index in [1.54, 1.807) is 7.05 Å². The minimum atomic E-state index is -2.83. The summed E-state index contributed by atoms with van der Waals surface area (Å²) in [5.74, 6) is 1.50. The Labute approximate surface area is 152 Å². The van der Waals surface area contributed by atoms with Gasteiger partial charge in [0.25, 0.3) is 0 Å². The molecule has 0 saturated carbocycles. The van der Waals surface area contributed by atoms with E-state index in [1.165, 1.54) is 11.1 Å². The number of aliphatic imine (C=N–C) groups is 1. The zero-order valence-corrected chi connectivity index (χ0v) is 16.6. The molecule has 1 aliphatic rings. The smallest absolute Gasteiger partial charge is 0.191 e. The Balaban J connectivity index is 1.86. The lowest BCUT2D eigenvalue weighted by molar-refractivity contribution is 0.503. The molecule has 0 radical (unpaired) electrons. The second kappa shape index (κ2) is 8.21. The maximum atomic E-state index is 11.5. The summed E-state index contributed by atoms with van der Waals surface area (Å²) in [6.07, 6.45) is 1.79. The van der Waals surface area contributed by atoms with Gasteiger partial charge in [-0.2, -0.15) is 0 Å². The Kier molecular flexibility index (Phi) is 6.49. The van der Waals surface area contributed by atoms with Gasteiger partial charge < -0.3 is 10.6 Å². The summed E-state index contributed by atoms with van der Waals surface area (Å²) in [6.45, 7) is 7.97. The lowest BCUT2D eigenvalue weighted by Gasteiger charge is -2.27. The highest BCUT2D eigenvalue weighted by molar-refractivity contribution is 7.91. The molecule has 0 bridgehead atoms. The van der Waals surface area contributed by atoms with E-state index in [0.717, 1.165) is 25.3 Å². The SMILES string of the molecule is CCc1ccc(C(C)(C)CNC(=NC)NCC2CCS(=O)(=O)C2)cc1. The van der Waals surface area contributed by atoms with Crippen molar-refractivity contribution in [1.82, 2.24) is 10.6 Å². The number of aryl methyl sites for hydroxylation is 1. The maximum Gasteiger partial charge on any atom is 0.191 e. The molecule has 25 heavy (non-hydrogen) atoms. The van der Waals surface area contributed by atoms with E-state index >= 15 is 0 Å². The number of rotatable bonds is 6. The minimum Gasteiger partial charge on any atom is -0.356 e. The molecule has 1 aromatic rings. The summed E-state index contributed by atoms with van der Waals surface area (Å²) in [6, 6.07) is 8.76. The second-order valence-electron chi connectivity index (χ2n) is 7.51. The first kappa shape index (κ1) is 19.8. The van der Waals surface area contributed by atoms with E-state index in [2.05, 4.69) is 60.7 Å². The molecule has 0 aromatic heterocycles. The van der Waals surface area contributed by atoms with Crippen LogP contribution >= 0.6 is 0 Å². The molecular formula is C19H31N3O2S. The first-order valence-corrected chi connectivity index (χ1v) is 10.8. The Morgan fingerprint density at radius 1 is 1.24 bits per heavy atom. The quantitative estimate of drug-likeness (QED) is 0.598. The number of hydrogen-bond acceptors (Lipinski definition) is 3. The summed E-state index contributed by atoms with van der Waals surface area (Å²) in [7, 11) is -1.09. The van der Waals surface area contributed by atoms with E-state index < -0.39 is 9.84 Å². The van der Waals surface area contributed by atoms with Crippen LogP contribution in [0.1, 0.15) is 38.3 Å². The van der Waals surface area contributed by atoms with Crippen LogP contribution in [0.5, 0.6) is 0 Å². The first-order valence-electron chi connectivity index (χ1n) is 9.00. The number of nitrogens with one attached hydrogen (secondary N) is 2. The van der Waals surface area contributed by atoms with Crippen molar-refractivity contribution in [3.63, 3.8) is 0 Å². The predicted molar refractivity (Wildman–Crippen MR) is 105 cm³/mol. The minimum absolute atomic E-state index is 0.0272. The van der Waals surface area contributed by atoms with E-state index in [4.69, 9.17) is 0 Å². The third-order valence-electron chi connectivity index (χ3n) is 4.95. The normalized spacial score (nSPS) is 20.5. The Hall–Kier alpha value is -1.56. The Morgan fingerprint density at radius 3 is 2.44 bits per heavy atom. The van der Waals surface area contributed by atoms with Crippen molar-refractivity contribution in [3.05, 3.63) is 35.4 Å². The van der Waals surface area contributed by atoms with Crippen LogP contribution in [0.2, 0.25) is 0 Å². The van der Waals surface area contributed by atoms with Crippen LogP contribution in [0.25, 0.3) is 0 Å². The summed E-state index contributed by atoms with van der Waals surface area (Å²) in [5.41, 5.74) is 2.60. The molecule has 1 unspecified atom stereocenters. The Morgan fingerprint density at radius 2 is 1.92 bits per heavy atom. The average Bonchev–Trinajstić information content (AvgIpc) is 2.94. The van der Waals surface area contributed by atoms with E-state index in [1.807, 2.05) is 0 Å². The summed E-state index contributed by atoms with van der Waals surface area (Å²) in [5, 5.41) is 6.64. The third kappa shape index (κ3) is 5.73. The van der Waals surface area contributed by atoms with Gasteiger partial charge in [0, 0.05) is 25.6 Å². The number of sulfone groups is 1. The van der Waals surface area contributed by atoms with Gasteiger partial charge in [-0.3, -0.25) is 4.99 Å². The number of hydrogen-bond donors (Lipinski definition) is 2. The van der Waals surface area contributed by atoms with Gasteiger partial charge >= 0.3 is 0 Å². The van der Waals surface area contributed by atoms with Crippen LogP contribution in [-0.4, -0.2) is 46.0 Å². The lowest BCUT2D eigenvalue weighted by Crippen LogP contribution is -2.44. The molecule has 0 spiro atoms. The van der Waals surface area contributed by atoms with Crippen LogP contribution in [0, 0.1) is 5.92 Å². The fourth-order valence-corrected chi connectivity index (χ4v) is 4.95. The largest absolute Gasteiger partial charge is 0.356 e. The summed E-state index contributed by atoms with van der Waals surface area (Å²) < 4.78 is 23.1. The molecule has 1 aliphatic heterocycles. The second-order valence-corrected chi connectivity index (χ2v) is 9.74. The molecule has 1 aromatic carbocycles. The topological polar surface area (TPSA) is 70.6 Å². The van der Waals surface area contributed by atoms with Crippen LogP contribution in [0.4, 0.5) is 0 Å². The zero-order valence-electron chi connectivity index (χ0n) is 15.8. The molecule has 140 valence electrons. The van der Waals surface area contributed by atoms with Crippen molar-refractivity contribution in [3.8, 4) is 0 Å². The van der Waals surface area contributed by atoms with Crippen molar-refractivity contribution in [2.75, 3.05) is 31.6 Å². The Bertz CT molecular complexity index is 694. The standard InChI is InChI=1S/C19H31N3O2S/c1-5-15-6-8-17(9-7-15)19(2,3)14-22-18(20-4)21-12-16-10-11-25(23,24)13-16/h6-9,16H,5,10-14H2,1-4H3,(H2,20,21,22). The van der Waals surface area contributed by atoms with Crippen molar-refractivity contribution in [2.24, 2.45) is 10.9 Å². The van der Waals surface area contributed by atoms with E-state index in [-0.39, 0.29) is 17.1 Å². The van der Waals surface area contributed by atoms with Crippen molar-refractivity contribution in [1.29, 1.82) is 0 Å². The highest BCUT2D eigenvalue weighted by atomic mass is 32.2. The van der Waals surface area contributed by atoms with Crippen LogP contribution in [0.15, 0.2) is 29.3 Å². The van der Waals surface area contributed by atoms with E-state index in [0.29, 0.717) is 12.3 Å². The molecule has 6 heteroatoms. The van der Waals surface area contributed by atoms with Crippen LogP contribution in [0.3, 0.4) is 0 Å². The van der Waals surface area contributed by atoms with Gasteiger partial charge in [0.15, 0.2) is 15.8 Å². The first-order chi connectivity index (χ1) is 11.8. The molecule has 2 N–H and O–H groups in total. The third-order valence-corrected chi connectivity index (χ3v) is 6.79. The van der Waals surface area contributed by atoms with Gasteiger partial charge in [0.1, 0.15) is 0 Å². The number of nitrogens with zero attached hydrogens (tertiary/aromatic N) is 1. The van der Waals surface area contributed by atoms with Gasteiger partial charge in [-0.15, -0.1) is 0 Å². The molecule has 1 heterocycles. The predicted octanol–water partition coefficient (Wildman–Crippen LogP) is 2.13. The van der Waals surface area contributed by atoms with Crippen molar-refractivity contribution < 1.29 is 8.42 Å². The molecule has 1 atom stereocenters. The van der Waals surface area contributed by atoms with Gasteiger partial charge in [-0.1, -0.05) is 45.0 Å². The zero-order chi connectivity index (χ0) is 18.5. The van der Waals surface area contributed by atoms with Gasteiger partial charge in [-0.25, -0.2) is 8.42 Å². The summed E-state index contributed by atoms with van der Waals surface area (Å²) >= 11 is 0. The van der Waals surface area contributed by atoms with Gasteiger partial charge in [0.2, 0.25) is 0 Å². The molecule has 1 saturated heterocycles. The highest BCUT2D eigenvalue weighted by Crippen LogP contribution is 2.23. The molecular weight excluding hydrogens is 334 g/mol. The van der Waals surface area contributed by atoms with Gasteiger partial charge in [-0.05, 0) is 29.9 Å². The average molecular weight is 366 g/mol. The fraction of sp³-hybridized carbons (Fsp3) is 0.632. The number of benzene rings is 1. The van der Waals surface area contributed by atoms with Crippen molar-refractivity contribution in [2.45, 2.75) is 39.0 Å². The number of guanidine groups is 1. The molecule has 5 nitrogen and oxygen atoms in total. The highest BCUT2D eigenvalue weighted by Gasteiger charge is 2.28. The molecule has 0 aliphatic carbocycles. The van der Waals surface area contributed by atoms with Crippen LogP contribution in [-0.2, 0) is 21.7 Å².